The van der Waals surface area contributed by atoms with E-state index in [1.54, 1.807) is 0 Å². The molecule has 2 heterocycles. The number of carbonyl (C=O) groups excluding carboxylic acids is 1. The second-order valence-electron chi connectivity index (χ2n) is 8.92. The lowest BCUT2D eigenvalue weighted by atomic mass is 9.88. The fourth-order valence-electron chi connectivity index (χ4n) is 4.74. The van der Waals surface area contributed by atoms with E-state index in [1.807, 2.05) is 19.1 Å². The number of aryl methyl sites for hydroxylation is 2. The minimum atomic E-state index is -0.307. The fraction of sp³-hybridized carbons (Fsp3) is 0.423. The van der Waals surface area contributed by atoms with Crippen molar-refractivity contribution in [3.05, 3.63) is 65.2 Å². The van der Waals surface area contributed by atoms with Gasteiger partial charge in [0.25, 0.3) is 0 Å². The number of ether oxygens (including phenoxy) is 1. The fourth-order valence-corrected chi connectivity index (χ4v) is 5.60. The zero-order valence-corrected chi connectivity index (χ0v) is 20.6. The maximum absolute atomic E-state index is 13.2. The van der Waals surface area contributed by atoms with Crippen molar-refractivity contribution in [3.8, 4) is 5.69 Å². The second-order valence-corrected chi connectivity index (χ2v) is 10.2. The van der Waals surface area contributed by atoms with Crippen LogP contribution in [-0.2, 0) is 16.0 Å². The molecule has 1 aliphatic carbocycles. The first-order chi connectivity index (χ1) is 16.6. The van der Waals surface area contributed by atoms with E-state index >= 15 is 0 Å². The van der Waals surface area contributed by atoms with Gasteiger partial charge in [0.05, 0.1) is 30.2 Å². The number of morpholine rings is 1. The number of fused-ring (bicyclic) bond motifs is 1. The van der Waals surface area contributed by atoms with E-state index in [0.717, 1.165) is 54.7 Å². The van der Waals surface area contributed by atoms with Gasteiger partial charge in [0, 0.05) is 13.1 Å². The van der Waals surface area contributed by atoms with Gasteiger partial charge in [0.1, 0.15) is 0 Å². The molecule has 1 aromatic heterocycles. The van der Waals surface area contributed by atoms with Gasteiger partial charge in [-0.1, -0.05) is 54.2 Å². The summed E-state index contributed by atoms with van der Waals surface area (Å²) in [6.45, 7) is 6.91. The van der Waals surface area contributed by atoms with E-state index in [2.05, 4.69) is 68.3 Å². The highest BCUT2D eigenvalue weighted by atomic mass is 32.2. The first-order valence-corrected chi connectivity index (χ1v) is 12.9. The Morgan fingerprint density at radius 2 is 1.88 bits per heavy atom. The monoisotopic (exact) mass is 477 g/mol. The molecule has 34 heavy (non-hydrogen) atoms. The molecular formula is C26H31N5O2S. The normalized spacial score (nSPS) is 18.9. The van der Waals surface area contributed by atoms with Crippen molar-refractivity contribution in [1.29, 1.82) is 0 Å². The lowest BCUT2D eigenvalue weighted by molar-refractivity contribution is -0.121. The number of carbonyl (C=O) groups is 1. The topological polar surface area (TPSA) is 72.3 Å². The molecule has 8 heteroatoms. The Labute approximate surface area is 204 Å². The Balaban J connectivity index is 1.38. The van der Waals surface area contributed by atoms with Crippen LogP contribution >= 0.6 is 11.8 Å². The molecule has 0 radical (unpaired) electrons. The Kier molecular flexibility index (Phi) is 6.87. The number of nitrogens with zero attached hydrogens (tertiary/aromatic N) is 4. The maximum atomic E-state index is 13.2. The van der Waals surface area contributed by atoms with Crippen molar-refractivity contribution >= 4 is 23.6 Å². The van der Waals surface area contributed by atoms with Crippen LogP contribution in [0.5, 0.6) is 0 Å². The Morgan fingerprint density at radius 1 is 1.12 bits per heavy atom. The number of hydrogen-bond acceptors (Lipinski definition) is 6. The molecule has 2 aliphatic rings. The highest BCUT2D eigenvalue weighted by Gasteiger charge is 2.28. The van der Waals surface area contributed by atoms with Crippen LogP contribution < -0.4 is 10.2 Å². The van der Waals surface area contributed by atoms with Crippen LogP contribution in [-0.4, -0.2) is 52.2 Å². The summed E-state index contributed by atoms with van der Waals surface area (Å²) in [6.07, 6.45) is 3.14. The third-order valence-corrected chi connectivity index (χ3v) is 7.65. The van der Waals surface area contributed by atoms with Crippen molar-refractivity contribution < 1.29 is 9.53 Å². The summed E-state index contributed by atoms with van der Waals surface area (Å²) in [4.78, 5) is 15.4. The van der Waals surface area contributed by atoms with Crippen molar-refractivity contribution in [2.24, 2.45) is 0 Å². The van der Waals surface area contributed by atoms with E-state index < -0.39 is 0 Å². The number of amides is 1. The predicted octanol–water partition coefficient (Wildman–Crippen LogP) is 4.09. The summed E-state index contributed by atoms with van der Waals surface area (Å²) < 4.78 is 7.62. The highest BCUT2D eigenvalue weighted by Crippen LogP contribution is 2.33. The Hall–Kier alpha value is -2.84. The number of benzene rings is 2. The molecule has 7 nitrogen and oxygen atoms in total. The van der Waals surface area contributed by atoms with Gasteiger partial charge in [0.2, 0.25) is 11.9 Å². The van der Waals surface area contributed by atoms with Gasteiger partial charge in [-0.3, -0.25) is 9.36 Å². The molecule has 1 amide bonds. The molecule has 1 fully saturated rings. The predicted molar refractivity (Wildman–Crippen MR) is 135 cm³/mol. The summed E-state index contributed by atoms with van der Waals surface area (Å²) in [6, 6.07) is 16.7. The molecule has 0 bridgehead atoms. The standard InChI is InChI=1S/C26H31N5O2S/c1-18-8-3-6-13-23(18)31-25(30-14-16-33-17-15-30)28-29-26(31)34-19(2)24(32)27-22-12-7-10-20-9-4-5-11-21(20)22/h3-6,8-9,11,13,19,22H,7,10,12,14-17H2,1-2H3,(H,27,32). The lowest BCUT2D eigenvalue weighted by Gasteiger charge is -2.28. The van der Waals surface area contributed by atoms with Gasteiger partial charge in [-0.15, -0.1) is 10.2 Å². The van der Waals surface area contributed by atoms with Crippen molar-refractivity contribution in [1.82, 2.24) is 20.1 Å². The lowest BCUT2D eigenvalue weighted by Crippen LogP contribution is -2.38. The average Bonchev–Trinajstić information content (AvgIpc) is 3.28. The number of nitrogens with one attached hydrogen (secondary N) is 1. The number of aromatic nitrogens is 3. The Morgan fingerprint density at radius 3 is 2.71 bits per heavy atom. The summed E-state index contributed by atoms with van der Waals surface area (Å²) in [5, 5.41) is 12.8. The zero-order chi connectivity index (χ0) is 23.5. The third kappa shape index (κ3) is 4.70. The van der Waals surface area contributed by atoms with Gasteiger partial charge >= 0.3 is 0 Å². The number of rotatable bonds is 6. The molecule has 178 valence electrons. The highest BCUT2D eigenvalue weighted by molar-refractivity contribution is 8.00. The molecule has 2 unspecified atom stereocenters. The largest absolute Gasteiger partial charge is 0.378 e. The van der Waals surface area contributed by atoms with Crippen LogP contribution in [0.25, 0.3) is 5.69 Å². The third-order valence-electron chi connectivity index (χ3n) is 6.60. The first-order valence-electron chi connectivity index (χ1n) is 12.0. The molecule has 1 aliphatic heterocycles. The molecule has 5 rings (SSSR count). The molecule has 1 N–H and O–H groups in total. The average molecular weight is 478 g/mol. The van der Waals surface area contributed by atoms with Crippen LogP contribution in [0, 0.1) is 6.92 Å². The van der Waals surface area contributed by atoms with Crippen molar-refractivity contribution in [2.45, 2.75) is 49.6 Å². The van der Waals surface area contributed by atoms with Gasteiger partial charge in [-0.2, -0.15) is 0 Å². The van der Waals surface area contributed by atoms with Gasteiger partial charge in [0.15, 0.2) is 5.16 Å². The molecular weight excluding hydrogens is 446 g/mol. The van der Waals surface area contributed by atoms with E-state index in [0.29, 0.717) is 13.2 Å². The molecule has 1 saturated heterocycles. The summed E-state index contributed by atoms with van der Waals surface area (Å²) in [5.41, 5.74) is 4.76. The van der Waals surface area contributed by atoms with E-state index in [9.17, 15) is 4.79 Å². The first kappa shape index (κ1) is 22.9. The second kappa shape index (κ2) is 10.2. The number of para-hydroxylation sites is 1. The van der Waals surface area contributed by atoms with Crippen LogP contribution in [0.2, 0.25) is 0 Å². The zero-order valence-electron chi connectivity index (χ0n) is 19.7. The summed E-state index contributed by atoms with van der Waals surface area (Å²) in [7, 11) is 0. The van der Waals surface area contributed by atoms with Crippen LogP contribution in [0.1, 0.15) is 42.5 Å². The molecule has 3 aromatic rings. The minimum Gasteiger partial charge on any atom is -0.378 e. The number of thioether (sulfide) groups is 1. The Bertz CT molecular complexity index is 1160. The maximum Gasteiger partial charge on any atom is 0.233 e. The molecule has 2 aromatic carbocycles. The van der Waals surface area contributed by atoms with Gasteiger partial charge in [-0.05, 0) is 55.9 Å². The van der Waals surface area contributed by atoms with Crippen molar-refractivity contribution in [3.63, 3.8) is 0 Å². The van der Waals surface area contributed by atoms with Crippen LogP contribution in [0.15, 0.2) is 53.7 Å². The minimum absolute atomic E-state index is 0.0268. The van der Waals surface area contributed by atoms with Gasteiger partial charge < -0.3 is 15.0 Å². The molecule has 0 spiro atoms. The summed E-state index contributed by atoms with van der Waals surface area (Å²) in [5.74, 6) is 0.827. The van der Waals surface area contributed by atoms with E-state index in [1.165, 1.54) is 22.9 Å². The van der Waals surface area contributed by atoms with Crippen molar-refractivity contribution in [2.75, 3.05) is 31.2 Å². The SMILES string of the molecule is Cc1ccccc1-n1c(SC(C)C(=O)NC2CCCc3ccccc32)nnc1N1CCOCC1. The molecule has 2 atom stereocenters. The van der Waals surface area contributed by atoms with E-state index in [-0.39, 0.29) is 17.2 Å². The number of anilines is 1. The molecule has 0 saturated carbocycles. The summed E-state index contributed by atoms with van der Waals surface area (Å²) >= 11 is 1.46. The van der Waals surface area contributed by atoms with Crippen LogP contribution in [0.3, 0.4) is 0 Å². The number of hydrogen-bond donors (Lipinski definition) is 1. The quantitative estimate of drug-likeness (QED) is 0.539. The van der Waals surface area contributed by atoms with E-state index in [4.69, 9.17) is 4.74 Å². The van der Waals surface area contributed by atoms with Crippen LogP contribution in [0.4, 0.5) is 5.95 Å². The smallest absolute Gasteiger partial charge is 0.233 e. The van der Waals surface area contributed by atoms with Gasteiger partial charge in [-0.25, -0.2) is 0 Å².